The molecule has 0 spiro atoms. The minimum atomic E-state index is 0.0935. The second kappa shape index (κ2) is 6.13. The third-order valence-corrected chi connectivity index (χ3v) is 3.75. The quantitative estimate of drug-likeness (QED) is 0.780. The molecule has 0 saturated heterocycles. The maximum atomic E-state index is 5.83. The minimum absolute atomic E-state index is 0.0935. The molecule has 0 saturated carbocycles. The Labute approximate surface area is 96.7 Å². The summed E-state index contributed by atoms with van der Waals surface area (Å²) in [6, 6.07) is 4.17. The highest BCUT2D eigenvalue weighted by Gasteiger charge is 2.04. The smallest absolute Gasteiger partial charge is 0.0963 e. The molecular weight excluding hydrogens is 204 g/mol. The van der Waals surface area contributed by atoms with Crippen LogP contribution in [0.15, 0.2) is 23.4 Å². The van der Waals surface area contributed by atoms with Gasteiger partial charge in [0.15, 0.2) is 0 Å². The van der Waals surface area contributed by atoms with Crippen LogP contribution in [0.4, 0.5) is 0 Å². The van der Waals surface area contributed by atoms with E-state index >= 15 is 0 Å². The van der Waals surface area contributed by atoms with Crippen molar-refractivity contribution in [3.63, 3.8) is 0 Å². The average molecular weight is 224 g/mol. The molecule has 2 N–H and O–H groups in total. The van der Waals surface area contributed by atoms with Gasteiger partial charge in [-0.1, -0.05) is 20.3 Å². The summed E-state index contributed by atoms with van der Waals surface area (Å²) in [6.45, 7) is 6.48. The van der Waals surface area contributed by atoms with Crippen LogP contribution in [-0.4, -0.2) is 10.7 Å². The predicted molar refractivity (Wildman–Crippen MR) is 67.0 cm³/mol. The summed E-state index contributed by atoms with van der Waals surface area (Å²) in [5, 5.41) is 1.09. The number of aromatic nitrogens is 1. The first-order valence-electron chi connectivity index (χ1n) is 5.47. The van der Waals surface area contributed by atoms with E-state index < -0.39 is 0 Å². The lowest BCUT2D eigenvalue weighted by Crippen LogP contribution is -2.05. The van der Waals surface area contributed by atoms with Crippen molar-refractivity contribution in [2.45, 2.75) is 38.3 Å². The van der Waals surface area contributed by atoms with E-state index in [9.17, 15) is 0 Å². The van der Waals surface area contributed by atoms with Crippen LogP contribution in [0, 0.1) is 5.92 Å². The summed E-state index contributed by atoms with van der Waals surface area (Å²) in [5.74, 6) is 1.88. The topological polar surface area (TPSA) is 38.9 Å². The lowest BCUT2D eigenvalue weighted by Gasteiger charge is -2.09. The average Bonchev–Trinajstić information content (AvgIpc) is 2.26. The summed E-state index contributed by atoms with van der Waals surface area (Å²) in [4.78, 5) is 4.34. The van der Waals surface area contributed by atoms with Gasteiger partial charge in [-0.25, -0.2) is 4.98 Å². The SMILES string of the molecule is CCC(C)CSc1cc([C@@H](C)N)ccn1. The molecule has 0 bridgehead atoms. The fourth-order valence-corrected chi connectivity index (χ4v) is 2.18. The van der Waals surface area contributed by atoms with Gasteiger partial charge in [0.1, 0.15) is 0 Å². The molecule has 0 aromatic carbocycles. The first kappa shape index (κ1) is 12.5. The number of hydrogen-bond acceptors (Lipinski definition) is 3. The summed E-state index contributed by atoms with van der Waals surface area (Å²) in [5.41, 5.74) is 6.99. The second-order valence-electron chi connectivity index (χ2n) is 4.04. The van der Waals surface area contributed by atoms with Gasteiger partial charge < -0.3 is 5.73 Å². The minimum Gasteiger partial charge on any atom is -0.324 e. The number of pyridine rings is 1. The molecule has 0 amide bonds. The van der Waals surface area contributed by atoms with Gasteiger partial charge in [0.05, 0.1) is 5.03 Å². The Kier molecular flexibility index (Phi) is 5.12. The van der Waals surface area contributed by atoms with Crippen LogP contribution in [0.1, 0.15) is 38.8 Å². The van der Waals surface area contributed by atoms with E-state index in [1.807, 2.05) is 30.9 Å². The number of nitrogens with two attached hydrogens (primary N) is 1. The van der Waals surface area contributed by atoms with E-state index in [4.69, 9.17) is 5.73 Å². The van der Waals surface area contributed by atoms with Gasteiger partial charge in [0, 0.05) is 18.0 Å². The van der Waals surface area contributed by atoms with Gasteiger partial charge in [-0.05, 0) is 30.5 Å². The van der Waals surface area contributed by atoms with Crippen molar-refractivity contribution in [2.75, 3.05) is 5.75 Å². The molecule has 0 aliphatic rings. The van der Waals surface area contributed by atoms with Crippen LogP contribution in [0.5, 0.6) is 0 Å². The molecule has 15 heavy (non-hydrogen) atoms. The largest absolute Gasteiger partial charge is 0.324 e. The van der Waals surface area contributed by atoms with Crippen LogP contribution in [0.3, 0.4) is 0 Å². The van der Waals surface area contributed by atoms with Gasteiger partial charge in [-0.2, -0.15) is 0 Å². The molecule has 1 rings (SSSR count). The molecule has 0 aliphatic heterocycles. The van der Waals surface area contributed by atoms with Crippen LogP contribution in [-0.2, 0) is 0 Å². The molecule has 84 valence electrons. The van der Waals surface area contributed by atoms with Crippen LogP contribution >= 0.6 is 11.8 Å². The van der Waals surface area contributed by atoms with Crippen LogP contribution in [0.25, 0.3) is 0 Å². The van der Waals surface area contributed by atoms with Crippen molar-refractivity contribution in [1.82, 2.24) is 4.98 Å². The van der Waals surface area contributed by atoms with Crippen LogP contribution in [0.2, 0.25) is 0 Å². The Morgan fingerprint density at radius 1 is 1.47 bits per heavy atom. The van der Waals surface area contributed by atoms with E-state index in [0.717, 1.165) is 22.3 Å². The number of nitrogens with zero attached hydrogens (tertiary/aromatic N) is 1. The second-order valence-corrected chi connectivity index (χ2v) is 5.08. The van der Waals surface area contributed by atoms with Crippen molar-refractivity contribution in [3.05, 3.63) is 23.9 Å². The van der Waals surface area contributed by atoms with Crippen molar-refractivity contribution in [3.8, 4) is 0 Å². The normalized spacial score (nSPS) is 14.9. The number of rotatable bonds is 5. The van der Waals surface area contributed by atoms with Gasteiger partial charge >= 0.3 is 0 Å². The molecule has 0 radical (unpaired) electrons. The molecule has 2 nitrogen and oxygen atoms in total. The van der Waals surface area contributed by atoms with E-state index in [2.05, 4.69) is 24.9 Å². The highest BCUT2D eigenvalue weighted by atomic mass is 32.2. The molecule has 0 fully saturated rings. The van der Waals surface area contributed by atoms with Crippen molar-refractivity contribution >= 4 is 11.8 Å². The number of thioether (sulfide) groups is 1. The Morgan fingerprint density at radius 3 is 2.80 bits per heavy atom. The zero-order valence-corrected chi connectivity index (χ0v) is 10.6. The van der Waals surface area contributed by atoms with Gasteiger partial charge in [0.25, 0.3) is 0 Å². The predicted octanol–water partition coefficient (Wildman–Crippen LogP) is 3.24. The van der Waals surface area contributed by atoms with Crippen molar-refractivity contribution < 1.29 is 0 Å². The van der Waals surface area contributed by atoms with E-state index in [-0.39, 0.29) is 6.04 Å². The van der Waals surface area contributed by atoms with Gasteiger partial charge in [-0.3, -0.25) is 0 Å². The highest BCUT2D eigenvalue weighted by Crippen LogP contribution is 2.22. The zero-order chi connectivity index (χ0) is 11.3. The van der Waals surface area contributed by atoms with E-state index in [1.165, 1.54) is 6.42 Å². The Morgan fingerprint density at radius 2 is 2.20 bits per heavy atom. The van der Waals surface area contributed by atoms with E-state index in [0.29, 0.717) is 0 Å². The van der Waals surface area contributed by atoms with E-state index in [1.54, 1.807) is 0 Å². The standard InChI is InChI=1S/C12H20N2S/c1-4-9(2)8-15-12-7-11(10(3)13)5-6-14-12/h5-7,9-10H,4,8,13H2,1-3H3/t9?,10-/m1/s1. The summed E-state index contributed by atoms with van der Waals surface area (Å²) in [6.07, 6.45) is 3.07. The third-order valence-electron chi connectivity index (χ3n) is 2.50. The highest BCUT2D eigenvalue weighted by molar-refractivity contribution is 7.99. The van der Waals surface area contributed by atoms with Crippen LogP contribution < -0.4 is 5.73 Å². The third kappa shape index (κ3) is 4.22. The maximum absolute atomic E-state index is 5.83. The summed E-state index contributed by atoms with van der Waals surface area (Å²) >= 11 is 1.82. The molecule has 2 atom stereocenters. The van der Waals surface area contributed by atoms with Gasteiger partial charge in [-0.15, -0.1) is 11.8 Å². The molecule has 0 aliphatic carbocycles. The van der Waals surface area contributed by atoms with Crippen molar-refractivity contribution in [1.29, 1.82) is 0 Å². The molecule has 3 heteroatoms. The van der Waals surface area contributed by atoms with Gasteiger partial charge in [0.2, 0.25) is 0 Å². The Hall–Kier alpha value is -0.540. The number of hydrogen-bond donors (Lipinski definition) is 1. The molecule has 1 unspecified atom stereocenters. The lowest BCUT2D eigenvalue weighted by atomic mass is 10.1. The monoisotopic (exact) mass is 224 g/mol. The summed E-state index contributed by atoms with van der Waals surface area (Å²) < 4.78 is 0. The first-order chi connectivity index (χ1) is 7.13. The summed E-state index contributed by atoms with van der Waals surface area (Å²) in [7, 11) is 0. The molecule has 1 aromatic rings. The Bertz CT molecular complexity index is 299. The molecule has 1 aromatic heterocycles. The van der Waals surface area contributed by atoms with Crippen molar-refractivity contribution in [2.24, 2.45) is 11.7 Å². The fourth-order valence-electron chi connectivity index (χ4n) is 1.13. The first-order valence-corrected chi connectivity index (χ1v) is 6.46. The Balaban J connectivity index is 2.58. The lowest BCUT2D eigenvalue weighted by molar-refractivity contribution is 0.636. The fraction of sp³-hybridized carbons (Fsp3) is 0.583. The molecular formula is C12H20N2S. The molecule has 1 heterocycles. The zero-order valence-electron chi connectivity index (χ0n) is 9.73. The maximum Gasteiger partial charge on any atom is 0.0963 e.